The maximum Gasteiger partial charge on any atom is 0.482 e. The van der Waals surface area contributed by atoms with Gasteiger partial charge in [0.15, 0.2) is 0 Å². The number of hydrogen-bond acceptors (Lipinski definition) is 6. The van der Waals surface area contributed by atoms with E-state index in [1.54, 1.807) is 0 Å². The Morgan fingerprint density at radius 1 is 1.16 bits per heavy atom. The minimum atomic E-state index is -0.588. The fourth-order valence-electron chi connectivity index (χ4n) is 8.28. The molecule has 43 heavy (non-hydrogen) atoms. The van der Waals surface area contributed by atoms with Crippen molar-refractivity contribution >= 4 is 18.9 Å². The second-order valence-corrected chi connectivity index (χ2v) is 14.7. The van der Waals surface area contributed by atoms with E-state index in [1.807, 2.05) is 23.1 Å². The zero-order chi connectivity index (χ0) is 30.8. The van der Waals surface area contributed by atoms with E-state index in [0.717, 1.165) is 37.7 Å². The molecule has 2 heterocycles. The highest BCUT2D eigenvalue weighted by Gasteiger charge is 2.68. The largest absolute Gasteiger partial charge is 0.482 e. The van der Waals surface area contributed by atoms with Gasteiger partial charge in [-0.25, -0.2) is 0 Å². The molecule has 1 unspecified atom stereocenters. The van der Waals surface area contributed by atoms with E-state index in [-0.39, 0.29) is 47.5 Å². The summed E-state index contributed by atoms with van der Waals surface area (Å²) >= 11 is 0. The molecule has 9 heteroatoms. The SMILES string of the molecule is CC(C)CCCC(C#N)C(=O)N1CCC[C@@H]1CNCC(=O)N[C@@H](Cc1ccccc1)B1O[C@@H]2C[C@@H]3C[C@@H](C3(C)C)[C@]2(C)O1. The second-order valence-electron chi connectivity index (χ2n) is 14.7. The summed E-state index contributed by atoms with van der Waals surface area (Å²) in [5.74, 6) is 0.604. The number of carbonyl (C=O) groups is 2. The van der Waals surface area contributed by atoms with E-state index >= 15 is 0 Å². The third kappa shape index (κ3) is 6.82. The van der Waals surface area contributed by atoms with Crippen molar-refractivity contribution in [2.45, 2.75) is 110 Å². The second kappa shape index (κ2) is 13.3. The molecular formula is C34H51BN4O4. The summed E-state index contributed by atoms with van der Waals surface area (Å²) in [6.45, 7) is 12.6. The smallest absolute Gasteiger partial charge is 0.404 e. The monoisotopic (exact) mass is 590 g/mol. The molecule has 2 aliphatic heterocycles. The van der Waals surface area contributed by atoms with Gasteiger partial charge in [0.1, 0.15) is 5.92 Å². The highest BCUT2D eigenvalue weighted by Crippen LogP contribution is 2.65. The third-order valence-corrected chi connectivity index (χ3v) is 11.0. The van der Waals surface area contributed by atoms with Gasteiger partial charge >= 0.3 is 7.12 Å². The Bertz CT molecular complexity index is 1170. The average Bonchev–Trinajstić information content (AvgIpc) is 3.59. The molecule has 2 saturated heterocycles. The lowest BCUT2D eigenvalue weighted by atomic mass is 9.43. The molecule has 2 bridgehead atoms. The average molecular weight is 591 g/mol. The molecule has 234 valence electrons. The van der Waals surface area contributed by atoms with Crippen LogP contribution in [0.2, 0.25) is 0 Å². The molecule has 8 nitrogen and oxygen atoms in total. The van der Waals surface area contributed by atoms with Crippen LogP contribution in [-0.2, 0) is 25.3 Å². The van der Waals surface area contributed by atoms with Crippen LogP contribution in [0.25, 0.3) is 0 Å². The number of nitrogens with zero attached hydrogens (tertiary/aromatic N) is 2. The maximum atomic E-state index is 13.3. The lowest BCUT2D eigenvalue weighted by Gasteiger charge is -2.64. The summed E-state index contributed by atoms with van der Waals surface area (Å²) in [5.41, 5.74) is 1.04. The summed E-state index contributed by atoms with van der Waals surface area (Å²) < 4.78 is 13.3. The van der Waals surface area contributed by atoms with Crippen LogP contribution in [0.4, 0.5) is 0 Å². The van der Waals surface area contributed by atoms with Crippen LogP contribution in [0, 0.1) is 40.4 Å². The third-order valence-electron chi connectivity index (χ3n) is 11.0. The number of benzene rings is 1. The highest BCUT2D eigenvalue weighted by molar-refractivity contribution is 6.48. The van der Waals surface area contributed by atoms with Crippen molar-refractivity contribution in [2.75, 3.05) is 19.6 Å². The minimum absolute atomic E-state index is 0.000722. The van der Waals surface area contributed by atoms with E-state index < -0.39 is 13.0 Å². The topological polar surface area (TPSA) is 104 Å². The van der Waals surface area contributed by atoms with Crippen LogP contribution in [0.15, 0.2) is 30.3 Å². The predicted molar refractivity (Wildman–Crippen MR) is 168 cm³/mol. The minimum Gasteiger partial charge on any atom is -0.404 e. The molecule has 0 spiro atoms. The molecule has 7 atom stereocenters. The zero-order valence-corrected chi connectivity index (χ0v) is 26.8. The molecule has 3 aliphatic carbocycles. The van der Waals surface area contributed by atoms with Gasteiger partial charge in [0.2, 0.25) is 11.8 Å². The Kier molecular flexibility index (Phi) is 9.90. The van der Waals surface area contributed by atoms with Crippen molar-refractivity contribution in [1.29, 1.82) is 5.26 Å². The van der Waals surface area contributed by atoms with Gasteiger partial charge in [-0.1, -0.05) is 70.9 Å². The van der Waals surface area contributed by atoms with Crippen molar-refractivity contribution in [1.82, 2.24) is 15.5 Å². The van der Waals surface area contributed by atoms with E-state index in [1.165, 1.54) is 6.42 Å². The lowest BCUT2D eigenvalue weighted by Crippen LogP contribution is -2.65. The first kappa shape index (κ1) is 32.0. The Labute approximate surface area is 258 Å². The fraction of sp³-hybridized carbons (Fsp3) is 0.735. The first-order valence-corrected chi connectivity index (χ1v) is 16.6. The van der Waals surface area contributed by atoms with Gasteiger partial charge < -0.3 is 24.8 Å². The van der Waals surface area contributed by atoms with Gasteiger partial charge in [0.05, 0.1) is 30.3 Å². The molecule has 5 aliphatic rings. The molecule has 0 radical (unpaired) electrons. The number of nitriles is 1. The Hall–Kier alpha value is -2.41. The van der Waals surface area contributed by atoms with Gasteiger partial charge in [0.25, 0.3) is 0 Å². The Morgan fingerprint density at radius 2 is 1.93 bits per heavy atom. The predicted octanol–water partition coefficient (Wildman–Crippen LogP) is 4.53. The molecule has 6 rings (SSSR count). The molecular weight excluding hydrogens is 539 g/mol. The van der Waals surface area contributed by atoms with Crippen LogP contribution in [-0.4, -0.2) is 67.2 Å². The summed E-state index contributed by atoms with van der Waals surface area (Å²) in [6, 6.07) is 12.4. The molecule has 1 aromatic rings. The van der Waals surface area contributed by atoms with Gasteiger partial charge in [-0.2, -0.15) is 5.26 Å². The van der Waals surface area contributed by atoms with Crippen LogP contribution in [0.5, 0.6) is 0 Å². The summed E-state index contributed by atoms with van der Waals surface area (Å²) in [4.78, 5) is 28.3. The van der Waals surface area contributed by atoms with E-state index in [9.17, 15) is 14.9 Å². The molecule has 5 fully saturated rings. The highest BCUT2D eigenvalue weighted by atomic mass is 16.7. The summed E-state index contributed by atoms with van der Waals surface area (Å²) in [5, 5.41) is 16.2. The van der Waals surface area contributed by atoms with E-state index in [4.69, 9.17) is 9.31 Å². The number of hydrogen-bond donors (Lipinski definition) is 2. The number of rotatable bonds is 13. The Morgan fingerprint density at radius 3 is 2.63 bits per heavy atom. The number of nitrogens with one attached hydrogen (secondary N) is 2. The standard InChI is InChI=1S/C34H51BN4O4/c1-23(2)11-9-14-25(20-36)32(41)39-16-10-15-27(39)21-37-22-31(40)38-30(17-24-12-7-6-8-13-24)35-42-29-19-26-18-28(33(26,3)4)34(29,5)43-35/h6-8,12-13,23,25-30,37H,9-11,14-19,21-22H2,1-5H3,(H,38,40)/t25?,26-,27+,28-,29+,30-,34-/m0/s1. The summed E-state index contributed by atoms with van der Waals surface area (Å²) in [6.07, 6.45) is 7.17. The number of carbonyl (C=O) groups excluding carboxylic acids is 2. The molecule has 0 aromatic heterocycles. The van der Waals surface area contributed by atoms with Gasteiger partial charge in [-0.05, 0) is 74.2 Å². The lowest BCUT2D eigenvalue weighted by molar-refractivity contribution is -0.199. The molecule has 2 amide bonds. The van der Waals surface area contributed by atoms with Crippen LogP contribution in [0.1, 0.15) is 85.1 Å². The summed E-state index contributed by atoms with van der Waals surface area (Å²) in [7, 11) is -0.504. The fourth-order valence-corrected chi connectivity index (χ4v) is 8.28. The zero-order valence-electron chi connectivity index (χ0n) is 26.8. The van der Waals surface area contributed by atoms with Crippen molar-refractivity contribution in [3.8, 4) is 6.07 Å². The molecule has 1 aromatic carbocycles. The van der Waals surface area contributed by atoms with Crippen molar-refractivity contribution in [2.24, 2.45) is 29.1 Å². The van der Waals surface area contributed by atoms with Crippen molar-refractivity contribution in [3.05, 3.63) is 35.9 Å². The van der Waals surface area contributed by atoms with Gasteiger partial charge in [-0.3, -0.25) is 9.59 Å². The van der Waals surface area contributed by atoms with Crippen LogP contribution in [0.3, 0.4) is 0 Å². The maximum absolute atomic E-state index is 13.3. The molecule has 2 N–H and O–H groups in total. The van der Waals surface area contributed by atoms with Crippen molar-refractivity contribution in [3.63, 3.8) is 0 Å². The van der Waals surface area contributed by atoms with Gasteiger partial charge in [-0.15, -0.1) is 0 Å². The van der Waals surface area contributed by atoms with Crippen LogP contribution < -0.4 is 10.6 Å². The first-order valence-electron chi connectivity index (χ1n) is 16.6. The Balaban J connectivity index is 1.16. The number of amides is 2. The normalized spacial score (nSPS) is 30.3. The molecule has 3 saturated carbocycles. The quantitative estimate of drug-likeness (QED) is 0.328. The van der Waals surface area contributed by atoms with E-state index in [2.05, 4.69) is 63.5 Å². The number of likely N-dealkylation sites (tertiary alicyclic amines) is 1. The van der Waals surface area contributed by atoms with E-state index in [0.29, 0.717) is 43.7 Å². The first-order chi connectivity index (χ1) is 20.5. The van der Waals surface area contributed by atoms with Gasteiger partial charge in [0, 0.05) is 19.1 Å². The van der Waals surface area contributed by atoms with Crippen LogP contribution >= 0.6 is 0 Å². The van der Waals surface area contributed by atoms with Crippen molar-refractivity contribution < 1.29 is 18.9 Å².